The third-order valence-electron chi connectivity index (χ3n) is 5.32. The van der Waals surface area contributed by atoms with Crippen molar-refractivity contribution in [3.05, 3.63) is 29.8 Å². The third kappa shape index (κ3) is 3.01. The fraction of sp³-hybridized carbons (Fsp3) is 0.667. The van der Waals surface area contributed by atoms with Crippen molar-refractivity contribution in [3.8, 4) is 0 Å². The lowest BCUT2D eigenvalue weighted by molar-refractivity contribution is 0.218. The Bertz CT molecular complexity index is 412. The standard InChI is InChI=1S/C18H30N2/c1-4-15-8-10-17(11-9-15)20(3)18(14-19)12-6-7-16(5-2)13-18/h8-11,16H,4-7,12-14,19H2,1-3H3. The predicted octanol–water partition coefficient (Wildman–Crippen LogP) is 3.98. The summed E-state index contributed by atoms with van der Waals surface area (Å²) < 4.78 is 0. The van der Waals surface area contributed by atoms with Crippen LogP contribution in [0.3, 0.4) is 0 Å². The van der Waals surface area contributed by atoms with Crippen molar-refractivity contribution >= 4 is 5.69 Å². The molecule has 0 spiro atoms. The van der Waals surface area contributed by atoms with Crippen LogP contribution in [0.15, 0.2) is 24.3 Å². The Balaban J connectivity index is 2.20. The summed E-state index contributed by atoms with van der Waals surface area (Å²) >= 11 is 0. The van der Waals surface area contributed by atoms with Crippen LogP contribution >= 0.6 is 0 Å². The first-order valence-electron chi connectivity index (χ1n) is 8.18. The molecule has 0 saturated heterocycles. The van der Waals surface area contributed by atoms with Gasteiger partial charge in [0, 0.05) is 19.3 Å². The molecule has 1 aliphatic rings. The number of nitrogens with zero attached hydrogens (tertiary/aromatic N) is 1. The van der Waals surface area contributed by atoms with Crippen LogP contribution in [0.5, 0.6) is 0 Å². The molecule has 1 fully saturated rings. The van der Waals surface area contributed by atoms with Crippen molar-refractivity contribution in [2.45, 2.75) is 57.9 Å². The number of likely N-dealkylation sites (N-methyl/N-ethyl adjacent to an activating group) is 1. The fourth-order valence-corrected chi connectivity index (χ4v) is 3.67. The van der Waals surface area contributed by atoms with Gasteiger partial charge in [0.15, 0.2) is 0 Å². The molecule has 0 aliphatic heterocycles. The molecule has 2 rings (SSSR count). The van der Waals surface area contributed by atoms with Crippen LogP contribution in [0, 0.1) is 5.92 Å². The topological polar surface area (TPSA) is 29.3 Å². The zero-order valence-electron chi connectivity index (χ0n) is 13.4. The lowest BCUT2D eigenvalue weighted by Gasteiger charge is -2.47. The normalized spacial score (nSPS) is 26.5. The van der Waals surface area contributed by atoms with E-state index in [-0.39, 0.29) is 5.54 Å². The molecule has 2 N–H and O–H groups in total. The van der Waals surface area contributed by atoms with Gasteiger partial charge in [0.2, 0.25) is 0 Å². The molecule has 1 aromatic rings. The minimum Gasteiger partial charge on any atom is -0.368 e. The van der Waals surface area contributed by atoms with Crippen molar-refractivity contribution in [2.75, 3.05) is 18.5 Å². The van der Waals surface area contributed by atoms with Gasteiger partial charge >= 0.3 is 0 Å². The Hall–Kier alpha value is -1.02. The molecule has 1 saturated carbocycles. The van der Waals surface area contributed by atoms with Gasteiger partial charge in [-0.1, -0.05) is 45.2 Å². The van der Waals surface area contributed by atoms with Crippen LogP contribution < -0.4 is 10.6 Å². The maximum atomic E-state index is 6.21. The summed E-state index contributed by atoms with van der Waals surface area (Å²) in [6.45, 7) is 5.27. The zero-order valence-corrected chi connectivity index (χ0v) is 13.4. The number of hydrogen-bond acceptors (Lipinski definition) is 2. The second-order valence-corrected chi connectivity index (χ2v) is 6.38. The summed E-state index contributed by atoms with van der Waals surface area (Å²) in [6, 6.07) is 9.00. The molecule has 112 valence electrons. The SMILES string of the molecule is CCc1ccc(N(C)C2(CN)CCCC(CC)C2)cc1. The van der Waals surface area contributed by atoms with E-state index in [1.165, 1.54) is 43.4 Å². The van der Waals surface area contributed by atoms with E-state index in [1.807, 2.05) is 0 Å². The van der Waals surface area contributed by atoms with Crippen LogP contribution in [-0.2, 0) is 6.42 Å². The van der Waals surface area contributed by atoms with Crippen LogP contribution in [0.4, 0.5) is 5.69 Å². The minimum absolute atomic E-state index is 0.159. The smallest absolute Gasteiger partial charge is 0.0523 e. The predicted molar refractivity (Wildman–Crippen MR) is 88.3 cm³/mol. The summed E-state index contributed by atoms with van der Waals surface area (Å²) in [6.07, 6.45) is 7.54. The van der Waals surface area contributed by atoms with Gasteiger partial charge in [0.1, 0.15) is 0 Å². The highest BCUT2D eigenvalue weighted by Crippen LogP contribution is 2.39. The number of rotatable bonds is 5. The van der Waals surface area contributed by atoms with Crippen molar-refractivity contribution in [1.82, 2.24) is 0 Å². The van der Waals surface area contributed by atoms with Gasteiger partial charge in [0.25, 0.3) is 0 Å². The van der Waals surface area contributed by atoms with E-state index in [0.29, 0.717) is 0 Å². The van der Waals surface area contributed by atoms with Crippen molar-refractivity contribution in [1.29, 1.82) is 0 Å². The maximum absolute atomic E-state index is 6.21. The molecule has 1 aromatic carbocycles. The number of benzene rings is 1. The highest BCUT2D eigenvalue weighted by Gasteiger charge is 2.38. The van der Waals surface area contributed by atoms with Gasteiger partial charge < -0.3 is 10.6 Å². The molecule has 1 aliphatic carbocycles. The van der Waals surface area contributed by atoms with Gasteiger partial charge in [0.05, 0.1) is 5.54 Å². The summed E-state index contributed by atoms with van der Waals surface area (Å²) in [5, 5.41) is 0. The van der Waals surface area contributed by atoms with Crippen LogP contribution in [0.1, 0.15) is 51.5 Å². The van der Waals surface area contributed by atoms with E-state index in [4.69, 9.17) is 5.73 Å². The lowest BCUT2D eigenvalue weighted by atomic mass is 9.73. The third-order valence-corrected chi connectivity index (χ3v) is 5.32. The van der Waals surface area contributed by atoms with E-state index in [2.05, 4.69) is 50.1 Å². The lowest BCUT2D eigenvalue weighted by Crippen LogP contribution is -2.55. The Morgan fingerprint density at radius 2 is 1.95 bits per heavy atom. The van der Waals surface area contributed by atoms with E-state index >= 15 is 0 Å². The number of nitrogens with two attached hydrogens (primary N) is 1. The molecule has 2 heteroatoms. The van der Waals surface area contributed by atoms with E-state index in [1.54, 1.807) is 0 Å². The Labute approximate surface area is 124 Å². The van der Waals surface area contributed by atoms with Gasteiger partial charge in [-0.15, -0.1) is 0 Å². The summed E-state index contributed by atoms with van der Waals surface area (Å²) in [4.78, 5) is 2.45. The molecule has 2 atom stereocenters. The largest absolute Gasteiger partial charge is 0.368 e. The summed E-state index contributed by atoms with van der Waals surface area (Å²) in [7, 11) is 2.23. The van der Waals surface area contributed by atoms with Gasteiger partial charge in [-0.2, -0.15) is 0 Å². The van der Waals surface area contributed by atoms with E-state index < -0.39 is 0 Å². The van der Waals surface area contributed by atoms with Crippen molar-refractivity contribution < 1.29 is 0 Å². The van der Waals surface area contributed by atoms with Crippen LogP contribution in [-0.4, -0.2) is 19.1 Å². The monoisotopic (exact) mass is 274 g/mol. The first-order chi connectivity index (χ1) is 9.65. The zero-order chi connectivity index (χ0) is 14.6. The van der Waals surface area contributed by atoms with E-state index in [9.17, 15) is 0 Å². The van der Waals surface area contributed by atoms with Crippen molar-refractivity contribution in [2.24, 2.45) is 11.7 Å². The molecule has 2 unspecified atom stereocenters. The highest BCUT2D eigenvalue weighted by molar-refractivity contribution is 5.50. The Morgan fingerprint density at radius 1 is 1.25 bits per heavy atom. The Kier molecular flexibility index (Phi) is 5.09. The van der Waals surface area contributed by atoms with Crippen LogP contribution in [0.25, 0.3) is 0 Å². The summed E-state index contributed by atoms with van der Waals surface area (Å²) in [5.74, 6) is 0.838. The molecule has 0 radical (unpaired) electrons. The first kappa shape index (κ1) is 15.4. The average Bonchev–Trinajstić information content (AvgIpc) is 2.54. The van der Waals surface area contributed by atoms with Crippen molar-refractivity contribution in [3.63, 3.8) is 0 Å². The number of hydrogen-bond donors (Lipinski definition) is 1. The second-order valence-electron chi connectivity index (χ2n) is 6.38. The number of anilines is 1. The van der Waals surface area contributed by atoms with Gasteiger partial charge in [-0.05, 0) is 42.9 Å². The minimum atomic E-state index is 0.159. The second kappa shape index (κ2) is 6.62. The van der Waals surface area contributed by atoms with Gasteiger partial charge in [-0.25, -0.2) is 0 Å². The van der Waals surface area contributed by atoms with Crippen LogP contribution in [0.2, 0.25) is 0 Å². The quantitative estimate of drug-likeness (QED) is 0.880. The van der Waals surface area contributed by atoms with E-state index in [0.717, 1.165) is 18.9 Å². The molecule has 0 heterocycles. The molecular formula is C18H30N2. The molecule has 20 heavy (non-hydrogen) atoms. The molecule has 0 amide bonds. The molecule has 0 aromatic heterocycles. The maximum Gasteiger partial charge on any atom is 0.0523 e. The average molecular weight is 274 g/mol. The number of aryl methyl sites for hydroxylation is 1. The first-order valence-corrected chi connectivity index (χ1v) is 8.18. The molecule has 2 nitrogen and oxygen atoms in total. The molecule has 0 bridgehead atoms. The molecular weight excluding hydrogens is 244 g/mol. The Morgan fingerprint density at radius 3 is 2.50 bits per heavy atom. The highest BCUT2D eigenvalue weighted by atomic mass is 15.2. The fourth-order valence-electron chi connectivity index (χ4n) is 3.67. The van der Waals surface area contributed by atoms with Gasteiger partial charge in [-0.3, -0.25) is 0 Å². The summed E-state index contributed by atoms with van der Waals surface area (Å²) in [5.41, 5.74) is 9.08.